The third kappa shape index (κ3) is 3.35. The van der Waals surface area contributed by atoms with Crippen LogP contribution in [0.25, 0.3) is 0 Å². The van der Waals surface area contributed by atoms with E-state index in [4.69, 9.17) is 0 Å². The van der Waals surface area contributed by atoms with Crippen LogP contribution in [-0.4, -0.2) is 60.2 Å². The van der Waals surface area contributed by atoms with Gasteiger partial charge in [0.1, 0.15) is 5.69 Å². The van der Waals surface area contributed by atoms with Crippen LogP contribution in [0.15, 0.2) is 30.5 Å². The number of anilines is 2. The molecule has 2 aromatic rings. The molecule has 0 N–H and O–H groups in total. The number of aromatic nitrogens is 2. The largest absolute Gasteiger partial charge is 0.314 e. The van der Waals surface area contributed by atoms with Crippen molar-refractivity contribution in [2.45, 2.75) is 13.3 Å². The Morgan fingerprint density at radius 1 is 1.23 bits per heavy atom. The molecule has 2 amide bonds. The molecular formula is C19H25N5O2. The molecule has 26 heavy (non-hydrogen) atoms. The summed E-state index contributed by atoms with van der Waals surface area (Å²) in [5.74, 6) is -0.0441. The molecule has 7 heteroatoms. The van der Waals surface area contributed by atoms with Crippen LogP contribution in [0.3, 0.4) is 0 Å². The molecule has 1 aliphatic rings. The number of likely N-dealkylation sites (N-methyl/N-ethyl adjacent to an activating group) is 2. The van der Waals surface area contributed by atoms with Crippen LogP contribution >= 0.6 is 0 Å². The average molecular weight is 355 g/mol. The monoisotopic (exact) mass is 355 g/mol. The van der Waals surface area contributed by atoms with Gasteiger partial charge in [-0.05, 0) is 43.8 Å². The van der Waals surface area contributed by atoms with Gasteiger partial charge in [-0.15, -0.1) is 0 Å². The highest BCUT2D eigenvalue weighted by Crippen LogP contribution is 2.33. The van der Waals surface area contributed by atoms with Gasteiger partial charge < -0.3 is 9.80 Å². The summed E-state index contributed by atoms with van der Waals surface area (Å²) in [6, 6.07) is 7.61. The van der Waals surface area contributed by atoms with Crippen LogP contribution in [-0.2, 0) is 18.3 Å². The molecule has 0 unspecified atom stereocenters. The van der Waals surface area contributed by atoms with Gasteiger partial charge in [0, 0.05) is 38.2 Å². The highest BCUT2D eigenvalue weighted by Gasteiger charge is 2.28. The lowest BCUT2D eigenvalue weighted by Crippen LogP contribution is -2.36. The fraction of sp³-hybridized carbons (Fsp3) is 0.421. The summed E-state index contributed by atoms with van der Waals surface area (Å²) in [4.78, 5) is 30.7. The van der Waals surface area contributed by atoms with Crippen molar-refractivity contribution in [1.29, 1.82) is 0 Å². The molecule has 0 saturated carbocycles. The number of nitrogens with zero attached hydrogens (tertiary/aromatic N) is 5. The molecule has 0 radical (unpaired) electrons. The average Bonchev–Trinajstić information content (AvgIpc) is 3.25. The van der Waals surface area contributed by atoms with Crippen molar-refractivity contribution < 1.29 is 9.59 Å². The summed E-state index contributed by atoms with van der Waals surface area (Å²) in [6.45, 7) is 3.84. The number of carbonyl (C=O) groups is 2. The number of rotatable bonds is 5. The van der Waals surface area contributed by atoms with Gasteiger partial charge in [-0.25, -0.2) is 0 Å². The van der Waals surface area contributed by atoms with E-state index in [1.807, 2.05) is 37.1 Å². The normalized spacial score (nSPS) is 13.2. The van der Waals surface area contributed by atoms with Gasteiger partial charge in [-0.1, -0.05) is 13.0 Å². The van der Waals surface area contributed by atoms with Gasteiger partial charge in [0.2, 0.25) is 5.91 Å². The van der Waals surface area contributed by atoms with E-state index in [1.165, 1.54) is 0 Å². The molecule has 138 valence electrons. The predicted molar refractivity (Wildman–Crippen MR) is 102 cm³/mol. The molecule has 1 aromatic heterocycles. The molecule has 1 aromatic carbocycles. The summed E-state index contributed by atoms with van der Waals surface area (Å²) in [5, 5.41) is 4.08. The third-order valence-electron chi connectivity index (χ3n) is 4.96. The van der Waals surface area contributed by atoms with Gasteiger partial charge >= 0.3 is 0 Å². The van der Waals surface area contributed by atoms with Crippen molar-refractivity contribution in [3.8, 4) is 0 Å². The molecule has 7 nitrogen and oxygen atoms in total. The maximum absolute atomic E-state index is 12.9. The van der Waals surface area contributed by atoms with E-state index in [2.05, 4.69) is 5.10 Å². The van der Waals surface area contributed by atoms with Crippen molar-refractivity contribution in [2.24, 2.45) is 7.05 Å². The number of fused-ring (bicyclic) bond motifs is 1. The van der Waals surface area contributed by atoms with Gasteiger partial charge in [0.15, 0.2) is 0 Å². The van der Waals surface area contributed by atoms with Crippen molar-refractivity contribution >= 4 is 23.2 Å². The highest BCUT2D eigenvalue weighted by atomic mass is 16.2. The Balaban J connectivity index is 1.84. The first-order valence-corrected chi connectivity index (χ1v) is 8.80. The van der Waals surface area contributed by atoms with E-state index in [0.717, 1.165) is 29.9 Å². The van der Waals surface area contributed by atoms with Gasteiger partial charge in [-0.2, -0.15) is 5.10 Å². The molecule has 0 bridgehead atoms. The zero-order chi connectivity index (χ0) is 18.8. The Kier molecular flexibility index (Phi) is 5.08. The summed E-state index contributed by atoms with van der Waals surface area (Å²) in [6.07, 6.45) is 2.44. The summed E-state index contributed by atoms with van der Waals surface area (Å²) < 4.78 is 1.58. The highest BCUT2D eigenvalue weighted by molar-refractivity contribution is 6.06. The smallest absolute Gasteiger partial charge is 0.276 e. The first-order chi connectivity index (χ1) is 12.4. The Morgan fingerprint density at radius 2 is 2.00 bits per heavy atom. The molecule has 2 heterocycles. The Labute approximate surface area is 153 Å². The number of benzene rings is 1. The predicted octanol–water partition coefficient (Wildman–Crippen LogP) is 1.54. The third-order valence-corrected chi connectivity index (χ3v) is 4.96. The van der Waals surface area contributed by atoms with E-state index >= 15 is 0 Å². The maximum atomic E-state index is 12.9. The van der Waals surface area contributed by atoms with Crippen molar-refractivity contribution in [3.63, 3.8) is 0 Å². The van der Waals surface area contributed by atoms with Crippen molar-refractivity contribution in [2.75, 3.05) is 43.5 Å². The lowest BCUT2D eigenvalue weighted by molar-refractivity contribution is -0.119. The lowest BCUT2D eigenvalue weighted by atomic mass is 10.1. The summed E-state index contributed by atoms with van der Waals surface area (Å²) in [7, 11) is 5.45. The van der Waals surface area contributed by atoms with E-state index in [-0.39, 0.29) is 11.8 Å². The minimum Gasteiger partial charge on any atom is -0.314 e. The molecule has 0 fully saturated rings. The minimum absolute atomic E-state index is 0.0248. The second-order valence-corrected chi connectivity index (χ2v) is 6.64. The molecule has 1 aliphatic heterocycles. The summed E-state index contributed by atoms with van der Waals surface area (Å²) in [5.41, 5.74) is 3.34. The zero-order valence-electron chi connectivity index (χ0n) is 15.8. The fourth-order valence-electron chi connectivity index (χ4n) is 3.10. The topological polar surface area (TPSA) is 61.7 Å². The first kappa shape index (κ1) is 18.1. The molecular weight excluding hydrogens is 330 g/mol. The van der Waals surface area contributed by atoms with Crippen LogP contribution in [0.4, 0.5) is 11.4 Å². The van der Waals surface area contributed by atoms with Crippen LogP contribution in [0.1, 0.15) is 23.0 Å². The van der Waals surface area contributed by atoms with Crippen molar-refractivity contribution in [1.82, 2.24) is 14.7 Å². The van der Waals surface area contributed by atoms with E-state index < -0.39 is 0 Å². The number of amides is 2. The second kappa shape index (κ2) is 7.29. The second-order valence-electron chi connectivity index (χ2n) is 6.64. The molecule has 0 aliphatic carbocycles. The Morgan fingerprint density at radius 3 is 2.65 bits per heavy atom. The van der Waals surface area contributed by atoms with Crippen LogP contribution in [0, 0.1) is 0 Å². The van der Waals surface area contributed by atoms with Gasteiger partial charge in [0.05, 0.1) is 6.54 Å². The van der Waals surface area contributed by atoms with Crippen LogP contribution < -0.4 is 9.80 Å². The molecule has 0 saturated heterocycles. The SMILES string of the molecule is CCN(C)CC(=O)N(C)c1ccc2c(c1)N(C(=O)c1ccnn1C)CC2. The number of hydrogen-bond acceptors (Lipinski definition) is 4. The van der Waals surface area contributed by atoms with Crippen molar-refractivity contribution in [3.05, 3.63) is 41.7 Å². The lowest BCUT2D eigenvalue weighted by Gasteiger charge is -2.23. The fourth-order valence-corrected chi connectivity index (χ4v) is 3.10. The Bertz CT molecular complexity index is 829. The zero-order valence-corrected chi connectivity index (χ0v) is 15.8. The molecule has 0 spiro atoms. The standard InChI is InChI=1S/C19H25N5O2/c1-5-21(2)13-18(25)22(3)15-7-6-14-9-11-24(17(14)12-15)19(26)16-8-10-20-23(16)4/h6-8,10,12H,5,9,11,13H2,1-4H3. The molecule has 0 atom stereocenters. The van der Waals surface area contributed by atoms with Crippen LogP contribution in [0.5, 0.6) is 0 Å². The molecule has 3 rings (SSSR count). The van der Waals surface area contributed by atoms with E-state index in [9.17, 15) is 9.59 Å². The van der Waals surface area contributed by atoms with Gasteiger partial charge in [-0.3, -0.25) is 19.2 Å². The number of aryl methyl sites for hydroxylation is 1. The minimum atomic E-state index is -0.0689. The number of carbonyl (C=O) groups excluding carboxylic acids is 2. The number of hydrogen-bond donors (Lipinski definition) is 0. The van der Waals surface area contributed by atoms with Crippen LogP contribution in [0.2, 0.25) is 0 Å². The first-order valence-electron chi connectivity index (χ1n) is 8.80. The summed E-state index contributed by atoms with van der Waals surface area (Å²) >= 11 is 0. The van der Waals surface area contributed by atoms with E-state index in [0.29, 0.717) is 18.8 Å². The quantitative estimate of drug-likeness (QED) is 0.816. The van der Waals surface area contributed by atoms with Gasteiger partial charge in [0.25, 0.3) is 5.91 Å². The maximum Gasteiger partial charge on any atom is 0.276 e. The van der Waals surface area contributed by atoms with E-state index in [1.54, 1.807) is 40.8 Å². The Hall–Kier alpha value is -2.67.